The van der Waals surface area contributed by atoms with Gasteiger partial charge in [-0.25, -0.2) is 15.0 Å². The minimum atomic E-state index is 0.622. The van der Waals surface area contributed by atoms with E-state index < -0.39 is 0 Å². The maximum atomic E-state index is 6.77. The predicted octanol–water partition coefficient (Wildman–Crippen LogP) is 14.8. The molecule has 0 amide bonds. The van der Waals surface area contributed by atoms with Gasteiger partial charge in [0.15, 0.2) is 17.5 Å². The Hall–Kier alpha value is -8.15. The lowest BCUT2D eigenvalue weighted by molar-refractivity contribution is 0.670. The van der Waals surface area contributed by atoms with Gasteiger partial charge in [0, 0.05) is 49.2 Å². The van der Waals surface area contributed by atoms with Gasteiger partial charge in [0.25, 0.3) is 0 Å². The molecule has 0 aliphatic carbocycles. The van der Waals surface area contributed by atoms with Crippen LogP contribution in [0.1, 0.15) is 0 Å². The predicted molar refractivity (Wildman–Crippen MR) is 245 cm³/mol. The highest BCUT2D eigenvalue weighted by Gasteiger charge is 2.21. The second kappa shape index (κ2) is 13.8. The van der Waals surface area contributed by atoms with Crippen LogP contribution in [0.15, 0.2) is 209 Å². The standard InChI is InChI=1S/C55H33N3O2/c1-3-15-34(16-4-1)53-56-54(35-17-5-2-6-18-35)58-55(57-53)39-22-12-20-37(32-39)36-19-11-21-38(31-36)40-26-14-30-49-50(40)47-33-46(41-23-7-8-25-43(41)52(47)60-49)45-28-13-27-44-42-24-9-10-29-48(42)59-51(44)45/h1-33H. The lowest BCUT2D eigenvalue weighted by Gasteiger charge is -2.11. The first-order valence-electron chi connectivity index (χ1n) is 20.1. The first-order valence-corrected chi connectivity index (χ1v) is 20.1. The lowest BCUT2D eigenvalue weighted by atomic mass is 9.92. The normalized spacial score (nSPS) is 11.7. The number of fused-ring (bicyclic) bond motifs is 8. The van der Waals surface area contributed by atoms with Crippen LogP contribution in [0.5, 0.6) is 0 Å². The Bertz CT molecular complexity index is 3550. The van der Waals surface area contributed by atoms with Crippen LogP contribution in [0, 0.1) is 0 Å². The van der Waals surface area contributed by atoms with Crippen LogP contribution in [0.4, 0.5) is 0 Å². The zero-order valence-corrected chi connectivity index (χ0v) is 32.2. The highest BCUT2D eigenvalue weighted by Crippen LogP contribution is 2.45. The van der Waals surface area contributed by atoms with Crippen molar-refractivity contribution in [2.24, 2.45) is 0 Å². The Morgan fingerprint density at radius 3 is 1.47 bits per heavy atom. The molecule has 0 saturated heterocycles. The number of furan rings is 2. The highest BCUT2D eigenvalue weighted by molar-refractivity contribution is 6.23. The van der Waals surface area contributed by atoms with E-state index in [0.717, 1.165) is 105 Å². The molecule has 3 heterocycles. The molecule has 0 radical (unpaired) electrons. The average molecular weight is 768 g/mol. The molecular weight excluding hydrogens is 735 g/mol. The summed E-state index contributed by atoms with van der Waals surface area (Å²) < 4.78 is 13.3. The van der Waals surface area contributed by atoms with Crippen molar-refractivity contribution in [2.75, 3.05) is 0 Å². The molecule has 12 aromatic rings. The Morgan fingerprint density at radius 2 is 0.733 bits per heavy atom. The molecule has 280 valence electrons. The van der Waals surface area contributed by atoms with E-state index in [0.29, 0.717) is 17.5 Å². The molecule has 5 nitrogen and oxygen atoms in total. The third kappa shape index (κ3) is 5.59. The number of rotatable bonds is 6. The van der Waals surface area contributed by atoms with Crippen LogP contribution >= 0.6 is 0 Å². The third-order valence-corrected chi connectivity index (χ3v) is 11.5. The highest BCUT2D eigenvalue weighted by atomic mass is 16.3. The maximum Gasteiger partial charge on any atom is 0.164 e. The number of aromatic nitrogens is 3. The van der Waals surface area contributed by atoms with Gasteiger partial charge in [0.05, 0.1) is 0 Å². The van der Waals surface area contributed by atoms with Crippen molar-refractivity contribution < 1.29 is 8.83 Å². The molecule has 0 aliphatic heterocycles. The number of nitrogens with zero attached hydrogens (tertiary/aromatic N) is 3. The van der Waals surface area contributed by atoms with Crippen molar-refractivity contribution in [3.8, 4) is 67.5 Å². The van der Waals surface area contributed by atoms with Crippen LogP contribution in [0.3, 0.4) is 0 Å². The molecule has 0 atom stereocenters. The summed E-state index contributed by atoms with van der Waals surface area (Å²) in [6.45, 7) is 0. The quantitative estimate of drug-likeness (QED) is 0.169. The second-order valence-electron chi connectivity index (χ2n) is 15.1. The minimum Gasteiger partial charge on any atom is -0.455 e. The molecule has 0 fully saturated rings. The Kier molecular flexibility index (Phi) is 7.78. The average Bonchev–Trinajstić information content (AvgIpc) is 3.91. The number of benzene rings is 9. The van der Waals surface area contributed by atoms with Gasteiger partial charge in [-0.1, -0.05) is 170 Å². The van der Waals surface area contributed by atoms with Crippen molar-refractivity contribution in [3.05, 3.63) is 200 Å². The van der Waals surface area contributed by atoms with Gasteiger partial charge in [-0.2, -0.15) is 0 Å². The number of hydrogen-bond acceptors (Lipinski definition) is 5. The molecule has 60 heavy (non-hydrogen) atoms. The molecule has 0 N–H and O–H groups in total. The molecule has 0 bridgehead atoms. The molecule has 0 spiro atoms. The molecule has 9 aromatic carbocycles. The van der Waals surface area contributed by atoms with Crippen LogP contribution in [-0.4, -0.2) is 15.0 Å². The van der Waals surface area contributed by atoms with E-state index in [1.165, 1.54) is 0 Å². The van der Waals surface area contributed by atoms with Gasteiger partial charge in [0.1, 0.15) is 22.3 Å². The summed E-state index contributed by atoms with van der Waals surface area (Å²) in [5.74, 6) is 1.90. The summed E-state index contributed by atoms with van der Waals surface area (Å²) in [7, 11) is 0. The van der Waals surface area contributed by atoms with E-state index in [1.54, 1.807) is 0 Å². The monoisotopic (exact) mass is 767 g/mol. The van der Waals surface area contributed by atoms with Gasteiger partial charge >= 0.3 is 0 Å². The number of hydrogen-bond donors (Lipinski definition) is 0. The van der Waals surface area contributed by atoms with Gasteiger partial charge < -0.3 is 8.83 Å². The van der Waals surface area contributed by atoms with Crippen LogP contribution in [-0.2, 0) is 0 Å². The molecule has 12 rings (SSSR count). The summed E-state index contributed by atoms with van der Waals surface area (Å²) in [5.41, 5.74) is 12.8. The maximum absolute atomic E-state index is 6.77. The summed E-state index contributed by atoms with van der Waals surface area (Å²) in [6, 6.07) is 69.2. The Balaban J connectivity index is 1.00. The van der Waals surface area contributed by atoms with Crippen molar-refractivity contribution >= 4 is 54.6 Å². The molecule has 0 unspecified atom stereocenters. The van der Waals surface area contributed by atoms with Gasteiger partial charge in [0.2, 0.25) is 0 Å². The first-order chi connectivity index (χ1) is 29.7. The lowest BCUT2D eigenvalue weighted by Crippen LogP contribution is -2.00. The largest absolute Gasteiger partial charge is 0.455 e. The van der Waals surface area contributed by atoms with Crippen molar-refractivity contribution in [1.82, 2.24) is 15.0 Å². The van der Waals surface area contributed by atoms with E-state index in [1.807, 2.05) is 72.8 Å². The fourth-order valence-corrected chi connectivity index (χ4v) is 8.71. The van der Waals surface area contributed by atoms with E-state index in [4.69, 9.17) is 23.8 Å². The molecular formula is C55H33N3O2. The molecule has 5 heteroatoms. The van der Waals surface area contributed by atoms with Gasteiger partial charge in [-0.15, -0.1) is 0 Å². The van der Waals surface area contributed by atoms with E-state index >= 15 is 0 Å². The minimum absolute atomic E-state index is 0.622. The van der Waals surface area contributed by atoms with Crippen molar-refractivity contribution in [2.45, 2.75) is 0 Å². The third-order valence-electron chi connectivity index (χ3n) is 11.5. The molecule has 3 aromatic heterocycles. The fourth-order valence-electron chi connectivity index (χ4n) is 8.71. The van der Waals surface area contributed by atoms with Crippen molar-refractivity contribution in [1.29, 1.82) is 0 Å². The Labute approximate surface area is 344 Å². The molecule has 0 aliphatic rings. The van der Waals surface area contributed by atoms with Gasteiger partial charge in [-0.3, -0.25) is 0 Å². The zero-order valence-electron chi connectivity index (χ0n) is 32.2. The Morgan fingerprint density at radius 1 is 0.267 bits per heavy atom. The second-order valence-corrected chi connectivity index (χ2v) is 15.1. The van der Waals surface area contributed by atoms with Crippen LogP contribution < -0.4 is 0 Å². The summed E-state index contributed by atoms with van der Waals surface area (Å²) in [6.07, 6.45) is 0. The SMILES string of the molecule is c1ccc(-c2nc(-c3ccccc3)nc(-c3cccc(-c4cccc(-c5cccc6oc7c8ccccc8c(-c8cccc9c8oc8ccccc89)cc7c56)c4)c3)n2)cc1. The molecule has 0 saturated carbocycles. The smallest absolute Gasteiger partial charge is 0.164 e. The summed E-state index contributed by atoms with van der Waals surface area (Å²) in [5, 5.41) is 6.54. The van der Waals surface area contributed by atoms with Crippen molar-refractivity contribution in [3.63, 3.8) is 0 Å². The number of para-hydroxylation sites is 2. The summed E-state index contributed by atoms with van der Waals surface area (Å²) in [4.78, 5) is 14.9. The van der Waals surface area contributed by atoms with E-state index in [-0.39, 0.29) is 0 Å². The fraction of sp³-hybridized carbons (Fsp3) is 0. The van der Waals surface area contributed by atoms with Crippen LogP contribution in [0.25, 0.3) is 122 Å². The van der Waals surface area contributed by atoms with Gasteiger partial charge in [-0.05, 0) is 63.5 Å². The van der Waals surface area contributed by atoms with Crippen LogP contribution in [0.2, 0.25) is 0 Å². The first kappa shape index (κ1) is 33.9. The van der Waals surface area contributed by atoms with E-state index in [9.17, 15) is 0 Å². The zero-order chi connectivity index (χ0) is 39.6. The summed E-state index contributed by atoms with van der Waals surface area (Å²) >= 11 is 0. The topological polar surface area (TPSA) is 65.0 Å². The van der Waals surface area contributed by atoms with E-state index in [2.05, 4.69) is 127 Å².